The van der Waals surface area contributed by atoms with E-state index < -0.39 is 0 Å². The third-order valence-corrected chi connectivity index (χ3v) is 6.46. The smallest absolute Gasteiger partial charge is 0.229 e. The van der Waals surface area contributed by atoms with Crippen LogP contribution in [0.15, 0.2) is 54.7 Å². The minimum absolute atomic E-state index is 0.122. The van der Waals surface area contributed by atoms with E-state index in [1.54, 1.807) is 0 Å². The summed E-state index contributed by atoms with van der Waals surface area (Å²) in [4.78, 5) is 24.3. The van der Waals surface area contributed by atoms with Gasteiger partial charge in [-0.1, -0.05) is 36.4 Å². The van der Waals surface area contributed by atoms with Crippen LogP contribution in [0.3, 0.4) is 0 Å². The van der Waals surface area contributed by atoms with Gasteiger partial charge in [0.2, 0.25) is 5.91 Å². The summed E-state index contributed by atoms with van der Waals surface area (Å²) in [6.07, 6.45) is 2.69. The molecule has 166 valence electrons. The molecule has 5 rings (SSSR count). The molecule has 1 aromatic heterocycles. The average molecular weight is 431 g/mol. The fourth-order valence-corrected chi connectivity index (χ4v) is 4.79. The number of carbonyl (C=O) groups is 1. The van der Waals surface area contributed by atoms with Crippen molar-refractivity contribution in [2.75, 3.05) is 51.8 Å². The Morgan fingerprint density at radius 3 is 2.62 bits per heavy atom. The molecule has 0 N–H and O–H groups in total. The molecule has 3 aromatic rings. The Kier molecular flexibility index (Phi) is 5.70. The van der Waals surface area contributed by atoms with Gasteiger partial charge in [-0.25, -0.2) is 4.98 Å². The zero-order valence-electron chi connectivity index (χ0n) is 18.8. The van der Waals surface area contributed by atoms with Gasteiger partial charge >= 0.3 is 0 Å². The zero-order valence-corrected chi connectivity index (χ0v) is 18.8. The second-order valence-electron chi connectivity index (χ2n) is 9.05. The van der Waals surface area contributed by atoms with Crippen molar-refractivity contribution in [3.63, 3.8) is 0 Å². The summed E-state index contributed by atoms with van der Waals surface area (Å²) < 4.78 is 6.01. The number of rotatable bonds is 4. The number of hydrogen-bond acceptors (Lipinski definition) is 5. The molecule has 1 saturated heterocycles. The number of aromatic nitrogens is 1. The van der Waals surface area contributed by atoms with E-state index in [9.17, 15) is 4.79 Å². The summed E-state index contributed by atoms with van der Waals surface area (Å²) >= 11 is 0. The first-order chi connectivity index (χ1) is 15.6. The maximum Gasteiger partial charge on any atom is 0.229 e. The van der Waals surface area contributed by atoms with E-state index in [0.717, 1.165) is 56.3 Å². The SMILES string of the molecule is CN(C)Cc1ccc(N2CCN(C(=O)C3COc4ccc5ccccc5c4C3)CC2)nc1. The lowest BCUT2D eigenvalue weighted by molar-refractivity contribution is -0.137. The molecule has 1 atom stereocenters. The Labute approximate surface area is 189 Å². The first-order valence-corrected chi connectivity index (χ1v) is 11.4. The van der Waals surface area contributed by atoms with Crippen molar-refractivity contribution in [3.8, 4) is 5.75 Å². The summed E-state index contributed by atoms with van der Waals surface area (Å²) in [6.45, 7) is 4.39. The number of anilines is 1. The summed E-state index contributed by atoms with van der Waals surface area (Å²) in [6, 6.07) is 16.7. The third kappa shape index (κ3) is 4.15. The molecule has 1 unspecified atom stereocenters. The Morgan fingerprint density at radius 2 is 1.88 bits per heavy atom. The van der Waals surface area contributed by atoms with Crippen molar-refractivity contribution in [1.29, 1.82) is 0 Å². The second kappa shape index (κ2) is 8.79. The van der Waals surface area contributed by atoms with Crippen molar-refractivity contribution in [2.24, 2.45) is 5.92 Å². The molecule has 6 nitrogen and oxygen atoms in total. The second-order valence-corrected chi connectivity index (χ2v) is 9.05. The number of fused-ring (bicyclic) bond motifs is 3. The predicted molar refractivity (Wildman–Crippen MR) is 127 cm³/mol. The Morgan fingerprint density at radius 1 is 1.06 bits per heavy atom. The number of piperazine rings is 1. The average Bonchev–Trinajstić information content (AvgIpc) is 2.83. The highest BCUT2D eigenvalue weighted by Gasteiger charge is 2.32. The largest absolute Gasteiger partial charge is 0.492 e. The number of nitrogens with zero attached hydrogens (tertiary/aromatic N) is 4. The van der Waals surface area contributed by atoms with Crippen LogP contribution in [0.1, 0.15) is 11.1 Å². The Bertz CT molecular complexity index is 1100. The van der Waals surface area contributed by atoms with Crippen molar-refractivity contribution in [1.82, 2.24) is 14.8 Å². The van der Waals surface area contributed by atoms with E-state index in [1.807, 2.05) is 29.3 Å². The van der Waals surface area contributed by atoms with Gasteiger partial charge in [0.25, 0.3) is 0 Å². The van der Waals surface area contributed by atoms with Crippen LogP contribution in [-0.2, 0) is 17.8 Å². The van der Waals surface area contributed by atoms with E-state index in [-0.39, 0.29) is 11.8 Å². The maximum absolute atomic E-state index is 13.3. The number of amides is 1. The molecule has 1 fully saturated rings. The highest BCUT2D eigenvalue weighted by Crippen LogP contribution is 2.34. The monoisotopic (exact) mass is 430 g/mol. The van der Waals surface area contributed by atoms with Crippen LogP contribution < -0.4 is 9.64 Å². The fourth-order valence-electron chi connectivity index (χ4n) is 4.79. The molecule has 0 aliphatic carbocycles. The van der Waals surface area contributed by atoms with Crippen LogP contribution in [0.5, 0.6) is 5.75 Å². The molecule has 2 aromatic carbocycles. The summed E-state index contributed by atoms with van der Waals surface area (Å²) in [5, 5.41) is 2.39. The number of pyridine rings is 1. The minimum atomic E-state index is -0.122. The molecule has 6 heteroatoms. The minimum Gasteiger partial charge on any atom is -0.492 e. The first-order valence-electron chi connectivity index (χ1n) is 11.4. The lowest BCUT2D eigenvalue weighted by Gasteiger charge is -2.38. The van der Waals surface area contributed by atoms with Gasteiger partial charge in [-0.3, -0.25) is 4.79 Å². The maximum atomic E-state index is 13.3. The van der Waals surface area contributed by atoms with Gasteiger partial charge < -0.3 is 19.4 Å². The molecule has 0 radical (unpaired) electrons. The van der Waals surface area contributed by atoms with Crippen molar-refractivity contribution in [2.45, 2.75) is 13.0 Å². The van der Waals surface area contributed by atoms with E-state index in [1.165, 1.54) is 16.3 Å². The highest BCUT2D eigenvalue weighted by atomic mass is 16.5. The molecule has 2 aliphatic rings. The van der Waals surface area contributed by atoms with E-state index in [2.05, 4.69) is 59.2 Å². The quantitative estimate of drug-likeness (QED) is 0.636. The Balaban J connectivity index is 1.22. The van der Waals surface area contributed by atoms with Crippen molar-refractivity contribution >= 4 is 22.5 Å². The van der Waals surface area contributed by atoms with Gasteiger partial charge in [-0.15, -0.1) is 0 Å². The van der Waals surface area contributed by atoms with Gasteiger partial charge in [0.1, 0.15) is 18.2 Å². The molecule has 32 heavy (non-hydrogen) atoms. The van der Waals surface area contributed by atoms with Gasteiger partial charge in [0.05, 0.1) is 5.92 Å². The normalized spacial score (nSPS) is 18.5. The lowest BCUT2D eigenvalue weighted by Crippen LogP contribution is -2.51. The fraction of sp³-hybridized carbons (Fsp3) is 0.385. The van der Waals surface area contributed by atoms with Gasteiger partial charge in [0.15, 0.2) is 0 Å². The standard InChI is InChI=1S/C26H30N4O2/c1-28(2)17-19-7-10-25(27-16-19)29-11-13-30(14-12-29)26(31)21-15-23-22-6-4-3-5-20(22)8-9-24(23)32-18-21/h3-10,16,21H,11-15,17-18H2,1-2H3. The molecular formula is C26H30N4O2. The lowest BCUT2D eigenvalue weighted by atomic mass is 9.91. The summed E-state index contributed by atoms with van der Waals surface area (Å²) in [7, 11) is 4.12. The van der Waals surface area contributed by atoms with E-state index >= 15 is 0 Å². The predicted octanol–water partition coefficient (Wildman–Crippen LogP) is 3.20. The number of ether oxygens (including phenoxy) is 1. The molecule has 3 heterocycles. The third-order valence-electron chi connectivity index (χ3n) is 6.46. The van der Waals surface area contributed by atoms with Crippen molar-refractivity contribution in [3.05, 3.63) is 65.9 Å². The van der Waals surface area contributed by atoms with E-state index in [0.29, 0.717) is 6.61 Å². The molecule has 0 saturated carbocycles. The highest BCUT2D eigenvalue weighted by molar-refractivity contribution is 5.89. The zero-order chi connectivity index (χ0) is 22.1. The van der Waals surface area contributed by atoms with Crippen LogP contribution in [-0.4, -0.2) is 67.6 Å². The van der Waals surface area contributed by atoms with E-state index in [4.69, 9.17) is 4.74 Å². The van der Waals surface area contributed by atoms with Crippen LogP contribution in [0.2, 0.25) is 0 Å². The summed E-state index contributed by atoms with van der Waals surface area (Å²) in [5.74, 6) is 1.99. The molecule has 2 aliphatic heterocycles. The first kappa shape index (κ1) is 20.8. The summed E-state index contributed by atoms with van der Waals surface area (Å²) in [5.41, 5.74) is 2.37. The molecule has 0 bridgehead atoms. The van der Waals surface area contributed by atoms with Gasteiger partial charge in [0, 0.05) is 44.5 Å². The molecular weight excluding hydrogens is 400 g/mol. The topological polar surface area (TPSA) is 48.9 Å². The number of hydrogen-bond donors (Lipinski definition) is 0. The molecule has 1 amide bonds. The van der Waals surface area contributed by atoms with Crippen LogP contribution in [0.4, 0.5) is 5.82 Å². The van der Waals surface area contributed by atoms with Crippen LogP contribution in [0.25, 0.3) is 10.8 Å². The molecule has 0 spiro atoms. The van der Waals surface area contributed by atoms with Gasteiger partial charge in [-0.05, 0) is 49.0 Å². The number of benzene rings is 2. The van der Waals surface area contributed by atoms with Gasteiger partial charge in [-0.2, -0.15) is 0 Å². The van der Waals surface area contributed by atoms with Crippen molar-refractivity contribution < 1.29 is 9.53 Å². The van der Waals surface area contributed by atoms with Crippen LogP contribution >= 0.6 is 0 Å². The number of carbonyl (C=O) groups excluding carboxylic acids is 1. The Hall–Kier alpha value is -3.12. The van der Waals surface area contributed by atoms with Crippen LogP contribution in [0, 0.1) is 5.92 Å².